The Morgan fingerprint density at radius 3 is 1.86 bits per heavy atom. The highest BCUT2D eigenvalue weighted by Gasteiger charge is 2.46. The second-order valence-corrected chi connectivity index (χ2v) is 8.71. The summed E-state index contributed by atoms with van der Waals surface area (Å²) in [6.07, 6.45) is 3.27. The van der Waals surface area contributed by atoms with E-state index in [4.69, 9.17) is 0 Å². The molecule has 29 heavy (non-hydrogen) atoms. The van der Waals surface area contributed by atoms with Crippen molar-refractivity contribution in [1.82, 2.24) is 4.90 Å². The van der Waals surface area contributed by atoms with Crippen LogP contribution in [0.5, 0.6) is 0 Å². The lowest BCUT2D eigenvalue weighted by molar-refractivity contribution is -0.0232. The summed E-state index contributed by atoms with van der Waals surface area (Å²) in [7, 11) is 0. The Hall–Kier alpha value is -2.42. The number of piperidine rings is 1. The van der Waals surface area contributed by atoms with Gasteiger partial charge in [0.2, 0.25) is 0 Å². The minimum atomic E-state index is -0.931. The molecule has 0 unspecified atom stereocenters. The molecule has 3 atom stereocenters. The molecule has 2 aliphatic rings. The topological polar surface area (TPSA) is 23.5 Å². The minimum Gasteiger partial charge on any atom is -0.380 e. The lowest BCUT2D eigenvalue weighted by atomic mass is 9.70. The van der Waals surface area contributed by atoms with Gasteiger partial charge in [0.15, 0.2) is 0 Å². The highest BCUT2D eigenvalue weighted by molar-refractivity contribution is 5.37. The fraction of sp³-hybridized carbons (Fsp3) is 0.333. The van der Waals surface area contributed by atoms with Gasteiger partial charge in [0.25, 0.3) is 0 Å². The number of benzene rings is 3. The van der Waals surface area contributed by atoms with E-state index in [0.717, 1.165) is 37.1 Å². The van der Waals surface area contributed by atoms with Crippen LogP contribution >= 0.6 is 0 Å². The Morgan fingerprint density at radius 2 is 1.28 bits per heavy atom. The molecule has 2 heterocycles. The van der Waals surface area contributed by atoms with Gasteiger partial charge < -0.3 is 5.11 Å². The summed E-state index contributed by atoms with van der Waals surface area (Å²) in [5.74, 6) is 0.838. The van der Waals surface area contributed by atoms with Crippen molar-refractivity contribution in [1.29, 1.82) is 0 Å². The molecule has 0 spiro atoms. The van der Waals surface area contributed by atoms with Crippen molar-refractivity contribution < 1.29 is 5.11 Å². The van der Waals surface area contributed by atoms with E-state index < -0.39 is 5.60 Å². The standard InChI is InChI=1S/C27H29NO/c29-27(23-12-6-2-7-13-23,24-14-8-3-9-15-24)25-16-17-28-20-22(18-26(28)19-25)21-10-4-1-5-11-21/h1-15,22,25-26,29H,16-20H2/t22-,25+,26-/m0/s1. The van der Waals surface area contributed by atoms with Crippen LogP contribution < -0.4 is 0 Å². The summed E-state index contributed by atoms with van der Waals surface area (Å²) < 4.78 is 0. The zero-order valence-electron chi connectivity index (χ0n) is 16.8. The molecule has 2 aliphatic heterocycles. The fourth-order valence-electron chi connectivity index (χ4n) is 5.64. The predicted octanol–water partition coefficient (Wildman–Crippen LogP) is 5.19. The fourth-order valence-corrected chi connectivity index (χ4v) is 5.64. The summed E-state index contributed by atoms with van der Waals surface area (Å²) in [6.45, 7) is 2.22. The van der Waals surface area contributed by atoms with Gasteiger partial charge in [0, 0.05) is 12.6 Å². The highest BCUT2D eigenvalue weighted by atomic mass is 16.3. The average molecular weight is 384 g/mol. The van der Waals surface area contributed by atoms with E-state index in [9.17, 15) is 5.11 Å². The minimum absolute atomic E-state index is 0.225. The van der Waals surface area contributed by atoms with Gasteiger partial charge in [0.05, 0.1) is 0 Å². The van der Waals surface area contributed by atoms with Crippen LogP contribution in [0.1, 0.15) is 41.9 Å². The number of hydrogen-bond acceptors (Lipinski definition) is 2. The van der Waals surface area contributed by atoms with Gasteiger partial charge in [-0.2, -0.15) is 0 Å². The molecule has 2 saturated heterocycles. The Labute approximate surface area is 173 Å². The molecule has 1 N–H and O–H groups in total. The quantitative estimate of drug-likeness (QED) is 0.670. The molecule has 2 nitrogen and oxygen atoms in total. The van der Waals surface area contributed by atoms with E-state index in [-0.39, 0.29) is 5.92 Å². The number of fused-ring (bicyclic) bond motifs is 1. The van der Waals surface area contributed by atoms with Gasteiger partial charge in [-0.25, -0.2) is 0 Å². The van der Waals surface area contributed by atoms with Crippen LogP contribution in [0.3, 0.4) is 0 Å². The van der Waals surface area contributed by atoms with Crippen LogP contribution in [0.25, 0.3) is 0 Å². The molecule has 0 radical (unpaired) electrons. The second-order valence-electron chi connectivity index (χ2n) is 8.71. The first kappa shape index (κ1) is 18.6. The zero-order valence-corrected chi connectivity index (χ0v) is 16.8. The highest BCUT2D eigenvalue weighted by Crippen LogP contribution is 2.46. The molecule has 2 fully saturated rings. The third-order valence-corrected chi connectivity index (χ3v) is 7.14. The van der Waals surface area contributed by atoms with Crippen molar-refractivity contribution >= 4 is 0 Å². The summed E-state index contributed by atoms with van der Waals surface area (Å²) in [5.41, 5.74) is 2.56. The van der Waals surface area contributed by atoms with Crippen LogP contribution in [0.4, 0.5) is 0 Å². The van der Waals surface area contributed by atoms with Crippen molar-refractivity contribution in [2.45, 2.75) is 36.8 Å². The van der Waals surface area contributed by atoms with Crippen LogP contribution in [-0.4, -0.2) is 29.1 Å². The maximum Gasteiger partial charge on any atom is 0.117 e. The first-order valence-electron chi connectivity index (χ1n) is 10.9. The Morgan fingerprint density at radius 1 is 0.724 bits per heavy atom. The summed E-state index contributed by atoms with van der Waals surface area (Å²) in [6, 6.07) is 32.0. The van der Waals surface area contributed by atoms with E-state index in [2.05, 4.69) is 59.5 Å². The van der Waals surface area contributed by atoms with E-state index in [1.165, 1.54) is 12.0 Å². The molecular weight excluding hydrogens is 354 g/mol. The maximum absolute atomic E-state index is 12.2. The van der Waals surface area contributed by atoms with E-state index >= 15 is 0 Å². The van der Waals surface area contributed by atoms with Crippen LogP contribution in [0.15, 0.2) is 91.0 Å². The van der Waals surface area contributed by atoms with Crippen LogP contribution in [-0.2, 0) is 5.60 Å². The average Bonchev–Trinajstić information content (AvgIpc) is 3.24. The monoisotopic (exact) mass is 383 g/mol. The number of rotatable bonds is 4. The molecule has 0 saturated carbocycles. The third kappa shape index (κ3) is 3.41. The smallest absolute Gasteiger partial charge is 0.117 e. The molecule has 0 aromatic heterocycles. The molecule has 148 valence electrons. The SMILES string of the molecule is OC(c1ccccc1)(c1ccccc1)[C@@H]1CCN2C[C@@H](c3ccccc3)C[C@H]2C1. The van der Waals surface area contributed by atoms with Crippen LogP contribution in [0.2, 0.25) is 0 Å². The summed E-state index contributed by atoms with van der Waals surface area (Å²) in [5, 5.41) is 12.2. The van der Waals surface area contributed by atoms with Crippen LogP contribution in [0, 0.1) is 5.92 Å². The molecule has 0 bridgehead atoms. The number of hydrogen-bond donors (Lipinski definition) is 1. The third-order valence-electron chi connectivity index (χ3n) is 7.14. The molecule has 5 rings (SSSR count). The van der Waals surface area contributed by atoms with Gasteiger partial charge in [-0.15, -0.1) is 0 Å². The van der Waals surface area contributed by atoms with Gasteiger partial charge in [-0.3, -0.25) is 4.90 Å². The molecule has 3 aromatic carbocycles. The lowest BCUT2D eigenvalue weighted by Gasteiger charge is -2.44. The molecular formula is C27H29NO. The summed E-state index contributed by atoms with van der Waals surface area (Å²) >= 11 is 0. The van der Waals surface area contributed by atoms with Gasteiger partial charge >= 0.3 is 0 Å². The molecule has 0 amide bonds. The normalized spacial score (nSPS) is 24.9. The first-order valence-corrected chi connectivity index (χ1v) is 10.9. The maximum atomic E-state index is 12.2. The Bertz CT molecular complexity index is 885. The molecule has 3 aromatic rings. The van der Waals surface area contributed by atoms with Crippen molar-refractivity contribution in [3.63, 3.8) is 0 Å². The molecule has 2 heteroatoms. The van der Waals surface area contributed by atoms with Crippen molar-refractivity contribution in [2.24, 2.45) is 5.92 Å². The van der Waals surface area contributed by atoms with E-state index in [0.29, 0.717) is 12.0 Å². The van der Waals surface area contributed by atoms with Gasteiger partial charge in [-0.1, -0.05) is 91.0 Å². The van der Waals surface area contributed by atoms with Gasteiger partial charge in [-0.05, 0) is 54.3 Å². The Balaban J connectivity index is 1.44. The first-order chi connectivity index (χ1) is 14.2. The van der Waals surface area contributed by atoms with Crippen molar-refractivity contribution in [3.8, 4) is 0 Å². The second kappa shape index (κ2) is 7.78. The molecule has 0 aliphatic carbocycles. The Kier molecular flexibility index (Phi) is 4.99. The number of aliphatic hydroxyl groups is 1. The summed E-state index contributed by atoms with van der Waals surface area (Å²) in [4.78, 5) is 2.66. The van der Waals surface area contributed by atoms with Gasteiger partial charge in [0.1, 0.15) is 5.60 Å². The number of nitrogens with zero attached hydrogens (tertiary/aromatic N) is 1. The predicted molar refractivity (Wildman–Crippen MR) is 118 cm³/mol. The van der Waals surface area contributed by atoms with E-state index in [1.807, 2.05) is 36.4 Å². The lowest BCUT2D eigenvalue weighted by Crippen LogP contribution is -2.46. The largest absolute Gasteiger partial charge is 0.380 e. The zero-order chi connectivity index (χ0) is 19.7. The van der Waals surface area contributed by atoms with Crippen molar-refractivity contribution in [3.05, 3.63) is 108 Å². The van der Waals surface area contributed by atoms with Crippen molar-refractivity contribution in [2.75, 3.05) is 13.1 Å². The van der Waals surface area contributed by atoms with E-state index in [1.54, 1.807) is 0 Å².